The van der Waals surface area contributed by atoms with Crippen LogP contribution >= 0.6 is 23.1 Å². The summed E-state index contributed by atoms with van der Waals surface area (Å²) >= 11 is 2.76. The van der Waals surface area contributed by atoms with Gasteiger partial charge in [0.25, 0.3) is 0 Å². The number of benzene rings is 1. The van der Waals surface area contributed by atoms with Crippen LogP contribution in [0.4, 0.5) is 13.2 Å². The van der Waals surface area contributed by atoms with E-state index in [0.717, 1.165) is 29.0 Å². The predicted octanol–water partition coefficient (Wildman–Crippen LogP) is 3.66. The molecule has 9 heteroatoms. The summed E-state index contributed by atoms with van der Waals surface area (Å²) < 4.78 is 37.5. The Hall–Kier alpha value is -1.74. The van der Waals surface area contributed by atoms with E-state index in [1.165, 1.54) is 4.90 Å². The normalized spacial score (nSPS) is 12.2. The van der Waals surface area contributed by atoms with Crippen LogP contribution in [0.3, 0.4) is 0 Å². The number of nitrogens with zero attached hydrogens (tertiary/aromatic N) is 2. The maximum atomic E-state index is 12.5. The number of nitrogens with one attached hydrogen (secondary N) is 2. The first-order chi connectivity index (χ1) is 12.0. The molecule has 2 rings (SSSR count). The molecule has 0 bridgehead atoms. The number of hydrogen-bond acceptors (Lipinski definition) is 4. The van der Waals surface area contributed by atoms with E-state index >= 15 is 0 Å². The summed E-state index contributed by atoms with van der Waals surface area (Å²) in [4.78, 5) is 8.90. The number of hydrogen-bond donors (Lipinski definition) is 2. The molecule has 0 saturated carbocycles. The van der Waals surface area contributed by atoms with Crippen LogP contribution in [0, 0.1) is 0 Å². The molecule has 0 unspecified atom stereocenters. The van der Waals surface area contributed by atoms with Crippen LogP contribution in [-0.2, 0) is 12.6 Å². The lowest BCUT2D eigenvalue weighted by Crippen LogP contribution is -2.39. The second-order valence-electron chi connectivity index (χ2n) is 4.96. The molecule has 2 N–H and O–H groups in total. The average molecular weight is 388 g/mol. The second kappa shape index (κ2) is 9.67. The van der Waals surface area contributed by atoms with Gasteiger partial charge in [0, 0.05) is 42.6 Å². The van der Waals surface area contributed by atoms with E-state index in [0.29, 0.717) is 23.9 Å². The van der Waals surface area contributed by atoms with Crippen molar-refractivity contribution in [1.82, 2.24) is 15.6 Å². The summed E-state index contributed by atoms with van der Waals surface area (Å²) in [6.45, 7) is 1.20. The van der Waals surface area contributed by atoms with E-state index in [1.54, 1.807) is 18.8 Å². The van der Waals surface area contributed by atoms with Crippen LogP contribution in [-0.4, -0.2) is 36.8 Å². The Morgan fingerprint density at radius 2 is 1.92 bits per heavy atom. The Morgan fingerprint density at radius 3 is 2.56 bits per heavy atom. The summed E-state index contributed by atoms with van der Waals surface area (Å²) in [5.74, 6) is 1.51. The molecular weight excluding hydrogens is 369 g/mol. The lowest BCUT2D eigenvalue weighted by molar-refractivity contribution is -0.140. The fraction of sp³-hybridized carbons (Fsp3) is 0.375. The molecule has 0 spiro atoms. The highest BCUT2D eigenvalue weighted by Gasteiger charge is 2.33. The van der Waals surface area contributed by atoms with Gasteiger partial charge in [0.2, 0.25) is 0 Å². The highest BCUT2D eigenvalue weighted by atomic mass is 32.2. The first-order valence-electron chi connectivity index (χ1n) is 7.63. The molecule has 0 aliphatic rings. The van der Waals surface area contributed by atoms with Crippen LogP contribution in [0.1, 0.15) is 10.7 Å². The van der Waals surface area contributed by atoms with Crippen molar-refractivity contribution in [3.05, 3.63) is 46.4 Å². The molecule has 0 saturated heterocycles. The zero-order chi connectivity index (χ0) is 18.1. The van der Waals surface area contributed by atoms with Gasteiger partial charge in [-0.1, -0.05) is 18.2 Å². The van der Waals surface area contributed by atoms with Gasteiger partial charge in [0.05, 0.1) is 5.01 Å². The predicted molar refractivity (Wildman–Crippen MR) is 97.4 cm³/mol. The highest BCUT2D eigenvalue weighted by molar-refractivity contribution is 7.99. The van der Waals surface area contributed by atoms with Crippen LogP contribution in [0.5, 0.6) is 0 Å². The Morgan fingerprint density at radius 1 is 1.20 bits per heavy atom. The highest BCUT2D eigenvalue weighted by Crippen LogP contribution is 2.29. The number of guanidine groups is 1. The van der Waals surface area contributed by atoms with Crippen LogP contribution in [0.15, 0.2) is 45.6 Å². The minimum absolute atomic E-state index is 0.417. The number of thioether (sulfide) groups is 1. The van der Waals surface area contributed by atoms with Crippen molar-refractivity contribution >= 4 is 29.1 Å². The molecule has 0 aliphatic carbocycles. The first kappa shape index (κ1) is 19.6. The van der Waals surface area contributed by atoms with Crippen LogP contribution in [0.25, 0.3) is 0 Å². The van der Waals surface area contributed by atoms with Gasteiger partial charge in [-0.3, -0.25) is 4.99 Å². The third kappa shape index (κ3) is 6.95. The smallest absolute Gasteiger partial charge is 0.356 e. The van der Waals surface area contributed by atoms with Gasteiger partial charge in [0.15, 0.2) is 11.7 Å². The van der Waals surface area contributed by atoms with E-state index in [9.17, 15) is 13.2 Å². The van der Waals surface area contributed by atoms with Gasteiger partial charge in [-0.05, 0) is 12.1 Å². The lowest BCUT2D eigenvalue weighted by Gasteiger charge is -2.11. The zero-order valence-electron chi connectivity index (χ0n) is 13.6. The molecule has 136 valence electrons. The molecule has 2 aromatic rings. The molecule has 1 aromatic carbocycles. The zero-order valence-corrected chi connectivity index (χ0v) is 15.3. The topological polar surface area (TPSA) is 49.3 Å². The van der Waals surface area contributed by atoms with Crippen molar-refractivity contribution in [1.29, 1.82) is 0 Å². The number of aliphatic imine (C=N–C) groups is 1. The van der Waals surface area contributed by atoms with E-state index < -0.39 is 11.9 Å². The van der Waals surface area contributed by atoms with E-state index in [2.05, 4.69) is 32.7 Å². The molecule has 0 atom stereocenters. The Labute approximate surface area is 153 Å². The van der Waals surface area contributed by atoms with Crippen molar-refractivity contribution in [3.8, 4) is 0 Å². The van der Waals surface area contributed by atoms with E-state index in [4.69, 9.17) is 0 Å². The van der Waals surface area contributed by atoms with E-state index in [-0.39, 0.29) is 0 Å². The molecule has 0 radical (unpaired) electrons. The van der Waals surface area contributed by atoms with Crippen molar-refractivity contribution in [2.75, 3.05) is 25.9 Å². The number of alkyl halides is 3. The molecule has 0 aliphatic heterocycles. The van der Waals surface area contributed by atoms with Crippen molar-refractivity contribution in [2.24, 2.45) is 4.99 Å². The quantitative estimate of drug-likeness (QED) is 0.329. The molecule has 1 aromatic heterocycles. The molecular formula is C16H19F3N4S2. The Balaban J connectivity index is 1.66. The first-order valence-corrected chi connectivity index (χ1v) is 9.49. The third-order valence-electron chi connectivity index (χ3n) is 3.10. The number of rotatable bonds is 7. The molecule has 4 nitrogen and oxygen atoms in total. The number of aromatic nitrogens is 1. The van der Waals surface area contributed by atoms with E-state index in [1.807, 2.05) is 18.2 Å². The standard InChI is InChI=1S/C16H19F3N4S2/c1-20-15(22-9-10-24-12-5-3-2-4-6-12)21-8-7-14-23-13(11-25-14)16(17,18)19/h2-6,11H,7-10H2,1H3,(H2,20,21,22). The number of thiazole rings is 1. The van der Waals surface area contributed by atoms with Gasteiger partial charge in [-0.15, -0.1) is 23.1 Å². The fourth-order valence-corrected chi connectivity index (χ4v) is 3.51. The Kier molecular flexibility index (Phi) is 7.57. The average Bonchev–Trinajstić information content (AvgIpc) is 3.07. The minimum atomic E-state index is -4.38. The van der Waals surface area contributed by atoms with Crippen LogP contribution in [0.2, 0.25) is 0 Å². The summed E-state index contributed by atoms with van der Waals surface area (Å²) in [5.41, 5.74) is -0.826. The monoisotopic (exact) mass is 388 g/mol. The van der Waals surface area contributed by atoms with Crippen LogP contribution < -0.4 is 10.6 Å². The molecule has 1 heterocycles. The summed E-state index contributed by atoms with van der Waals surface area (Å²) in [5, 5.41) is 7.75. The summed E-state index contributed by atoms with van der Waals surface area (Å²) in [6, 6.07) is 10.1. The third-order valence-corrected chi connectivity index (χ3v) is 5.03. The lowest BCUT2D eigenvalue weighted by atomic mass is 10.4. The maximum Gasteiger partial charge on any atom is 0.434 e. The van der Waals surface area contributed by atoms with Gasteiger partial charge in [-0.25, -0.2) is 4.98 Å². The molecule has 0 fully saturated rings. The van der Waals surface area contributed by atoms with Gasteiger partial charge in [0.1, 0.15) is 0 Å². The van der Waals surface area contributed by atoms with Crippen molar-refractivity contribution in [2.45, 2.75) is 17.5 Å². The number of halogens is 3. The SMILES string of the molecule is CN=C(NCCSc1ccccc1)NCCc1nc(C(F)(F)F)cs1. The van der Waals surface area contributed by atoms with Gasteiger partial charge in [-0.2, -0.15) is 13.2 Å². The summed E-state index contributed by atoms with van der Waals surface area (Å²) in [7, 11) is 1.66. The molecule has 25 heavy (non-hydrogen) atoms. The van der Waals surface area contributed by atoms with Gasteiger partial charge >= 0.3 is 6.18 Å². The van der Waals surface area contributed by atoms with Crippen molar-refractivity contribution in [3.63, 3.8) is 0 Å². The molecule has 0 amide bonds. The van der Waals surface area contributed by atoms with Crippen molar-refractivity contribution < 1.29 is 13.2 Å². The van der Waals surface area contributed by atoms with Gasteiger partial charge < -0.3 is 10.6 Å². The second-order valence-corrected chi connectivity index (χ2v) is 7.07. The largest absolute Gasteiger partial charge is 0.434 e. The fourth-order valence-electron chi connectivity index (χ4n) is 1.92. The summed E-state index contributed by atoms with van der Waals surface area (Å²) in [6.07, 6.45) is -3.96. The minimum Gasteiger partial charge on any atom is -0.356 e. The Bertz CT molecular complexity index is 672. The maximum absolute atomic E-state index is 12.5.